The number of nitrogens with one attached hydrogen (secondary N) is 1. The van der Waals surface area contributed by atoms with Gasteiger partial charge in [0, 0.05) is 0 Å². The fourth-order valence-corrected chi connectivity index (χ4v) is 3.17. The second-order valence-electron chi connectivity index (χ2n) is 4.96. The summed E-state index contributed by atoms with van der Waals surface area (Å²) in [6, 6.07) is 5.35. The van der Waals surface area contributed by atoms with Gasteiger partial charge in [0.05, 0.1) is 6.04 Å². The summed E-state index contributed by atoms with van der Waals surface area (Å²) in [4.78, 5) is 0. The van der Waals surface area contributed by atoms with Crippen molar-refractivity contribution >= 4 is 11.3 Å². The van der Waals surface area contributed by atoms with E-state index < -0.39 is 0 Å². The Morgan fingerprint density at radius 2 is 2.00 bits per heavy atom. The smallest absolute Gasteiger partial charge is 0.123 e. The molecular formula is C16H20FNS. The Hall–Kier alpha value is -1.19. The molecule has 1 N–H and O–H groups in total. The van der Waals surface area contributed by atoms with E-state index in [9.17, 15) is 4.39 Å². The lowest BCUT2D eigenvalue weighted by Crippen LogP contribution is -2.23. The van der Waals surface area contributed by atoms with Crippen molar-refractivity contribution in [1.82, 2.24) is 5.32 Å². The minimum atomic E-state index is -0.161. The van der Waals surface area contributed by atoms with Crippen LogP contribution in [0, 0.1) is 19.7 Å². The first kappa shape index (κ1) is 14.2. The number of halogens is 1. The third-order valence-electron chi connectivity index (χ3n) is 3.20. The van der Waals surface area contributed by atoms with Crippen molar-refractivity contribution in [3.63, 3.8) is 0 Å². The molecule has 0 fully saturated rings. The molecule has 1 aromatic carbocycles. The Kier molecular flexibility index (Phi) is 4.72. The van der Waals surface area contributed by atoms with Crippen LogP contribution in [-0.2, 0) is 0 Å². The van der Waals surface area contributed by atoms with E-state index >= 15 is 0 Å². The van der Waals surface area contributed by atoms with Gasteiger partial charge in [0.1, 0.15) is 5.82 Å². The van der Waals surface area contributed by atoms with Crippen LogP contribution in [0.2, 0.25) is 0 Å². The predicted octanol–water partition coefficient (Wildman–Crippen LogP) is 4.59. The van der Waals surface area contributed by atoms with Crippen molar-refractivity contribution in [2.24, 2.45) is 0 Å². The first-order valence-corrected chi connectivity index (χ1v) is 7.59. The Morgan fingerprint density at radius 1 is 1.21 bits per heavy atom. The van der Waals surface area contributed by atoms with Gasteiger partial charge in [-0.15, -0.1) is 0 Å². The molecule has 0 aliphatic rings. The summed E-state index contributed by atoms with van der Waals surface area (Å²) < 4.78 is 13.6. The van der Waals surface area contributed by atoms with Crippen LogP contribution in [0.3, 0.4) is 0 Å². The third kappa shape index (κ3) is 3.43. The zero-order valence-corrected chi connectivity index (χ0v) is 12.5. The molecule has 0 saturated carbocycles. The molecule has 1 aromatic heterocycles. The summed E-state index contributed by atoms with van der Waals surface area (Å²) >= 11 is 1.70. The van der Waals surface area contributed by atoms with Crippen molar-refractivity contribution < 1.29 is 4.39 Å². The number of benzene rings is 1. The van der Waals surface area contributed by atoms with Crippen LogP contribution in [0.4, 0.5) is 4.39 Å². The number of hydrogen-bond acceptors (Lipinski definition) is 2. The van der Waals surface area contributed by atoms with Gasteiger partial charge in [0.15, 0.2) is 0 Å². The van der Waals surface area contributed by atoms with Gasteiger partial charge in [-0.2, -0.15) is 11.3 Å². The van der Waals surface area contributed by atoms with E-state index in [1.807, 2.05) is 6.92 Å². The van der Waals surface area contributed by atoms with Crippen LogP contribution >= 0.6 is 11.3 Å². The van der Waals surface area contributed by atoms with E-state index in [0.29, 0.717) is 0 Å². The molecule has 0 aliphatic heterocycles. The molecule has 2 aromatic rings. The maximum atomic E-state index is 13.6. The molecule has 0 spiro atoms. The Balaban J connectivity index is 2.39. The van der Waals surface area contributed by atoms with Gasteiger partial charge < -0.3 is 5.32 Å². The predicted molar refractivity (Wildman–Crippen MR) is 80.3 cm³/mol. The van der Waals surface area contributed by atoms with Gasteiger partial charge in [0.25, 0.3) is 0 Å². The largest absolute Gasteiger partial charge is 0.306 e. The molecule has 1 unspecified atom stereocenters. The molecular weight excluding hydrogens is 257 g/mol. The van der Waals surface area contributed by atoms with Crippen LogP contribution in [0.1, 0.15) is 41.6 Å². The quantitative estimate of drug-likeness (QED) is 0.842. The molecule has 102 valence electrons. The molecule has 0 saturated heterocycles. The standard InChI is InChI=1S/C16H20FNS/c1-4-5-18-16(15-10-19-9-12(15)3)13-6-11(2)7-14(17)8-13/h6-10,16,18H,4-5H2,1-3H3. The molecule has 0 bridgehead atoms. The second kappa shape index (κ2) is 6.31. The average molecular weight is 277 g/mol. The highest BCUT2D eigenvalue weighted by molar-refractivity contribution is 7.08. The second-order valence-corrected chi connectivity index (χ2v) is 5.70. The summed E-state index contributed by atoms with van der Waals surface area (Å²) in [6.07, 6.45) is 1.06. The molecule has 0 radical (unpaired) electrons. The fourth-order valence-electron chi connectivity index (χ4n) is 2.29. The van der Waals surface area contributed by atoms with Gasteiger partial charge in [-0.25, -0.2) is 4.39 Å². The zero-order chi connectivity index (χ0) is 13.8. The van der Waals surface area contributed by atoms with Crippen LogP contribution in [-0.4, -0.2) is 6.54 Å². The summed E-state index contributed by atoms with van der Waals surface area (Å²) in [6.45, 7) is 7.11. The first-order chi connectivity index (χ1) is 9.11. The van der Waals surface area contributed by atoms with Crippen molar-refractivity contribution in [2.45, 2.75) is 33.2 Å². The van der Waals surface area contributed by atoms with E-state index in [1.54, 1.807) is 23.5 Å². The number of aryl methyl sites for hydroxylation is 2. The van der Waals surface area contributed by atoms with Crippen molar-refractivity contribution in [3.05, 3.63) is 57.0 Å². The minimum Gasteiger partial charge on any atom is -0.306 e. The minimum absolute atomic E-state index is 0.0839. The highest BCUT2D eigenvalue weighted by atomic mass is 32.1. The summed E-state index contributed by atoms with van der Waals surface area (Å²) in [5, 5.41) is 7.82. The average Bonchev–Trinajstić information content (AvgIpc) is 2.75. The van der Waals surface area contributed by atoms with Gasteiger partial charge >= 0.3 is 0 Å². The molecule has 2 rings (SSSR count). The lowest BCUT2D eigenvalue weighted by molar-refractivity contribution is 0.584. The monoisotopic (exact) mass is 277 g/mol. The lowest BCUT2D eigenvalue weighted by Gasteiger charge is -2.20. The summed E-state index contributed by atoms with van der Waals surface area (Å²) in [7, 11) is 0. The van der Waals surface area contributed by atoms with Crippen molar-refractivity contribution in [3.8, 4) is 0 Å². The topological polar surface area (TPSA) is 12.0 Å². The molecule has 3 heteroatoms. The summed E-state index contributed by atoms with van der Waals surface area (Å²) in [5.74, 6) is -0.161. The van der Waals surface area contributed by atoms with Crippen LogP contribution in [0.15, 0.2) is 29.0 Å². The van der Waals surface area contributed by atoms with E-state index in [-0.39, 0.29) is 11.9 Å². The van der Waals surface area contributed by atoms with E-state index in [2.05, 4.69) is 36.0 Å². The molecule has 1 heterocycles. The number of thiophene rings is 1. The van der Waals surface area contributed by atoms with Gasteiger partial charge in [-0.05, 0) is 72.0 Å². The van der Waals surface area contributed by atoms with E-state index in [1.165, 1.54) is 11.1 Å². The Morgan fingerprint density at radius 3 is 2.58 bits per heavy atom. The highest BCUT2D eigenvalue weighted by Gasteiger charge is 2.17. The number of hydrogen-bond donors (Lipinski definition) is 1. The molecule has 19 heavy (non-hydrogen) atoms. The van der Waals surface area contributed by atoms with Crippen molar-refractivity contribution in [2.75, 3.05) is 6.54 Å². The Labute approximate surface area is 118 Å². The van der Waals surface area contributed by atoms with E-state index in [0.717, 1.165) is 24.1 Å². The number of rotatable bonds is 5. The summed E-state index contributed by atoms with van der Waals surface area (Å²) in [5.41, 5.74) is 4.49. The maximum absolute atomic E-state index is 13.6. The zero-order valence-electron chi connectivity index (χ0n) is 11.7. The first-order valence-electron chi connectivity index (χ1n) is 6.65. The fraction of sp³-hybridized carbons (Fsp3) is 0.375. The normalized spacial score (nSPS) is 12.6. The third-order valence-corrected chi connectivity index (χ3v) is 4.08. The van der Waals surface area contributed by atoms with Gasteiger partial charge in [-0.3, -0.25) is 0 Å². The SMILES string of the molecule is CCCNC(c1cc(C)cc(F)c1)c1cscc1C. The van der Waals surface area contributed by atoms with E-state index in [4.69, 9.17) is 0 Å². The van der Waals surface area contributed by atoms with Gasteiger partial charge in [0.2, 0.25) is 0 Å². The van der Waals surface area contributed by atoms with Crippen LogP contribution in [0.5, 0.6) is 0 Å². The molecule has 0 amide bonds. The maximum Gasteiger partial charge on any atom is 0.123 e. The lowest BCUT2D eigenvalue weighted by atomic mass is 9.97. The molecule has 1 nitrogen and oxygen atoms in total. The Bertz CT molecular complexity index is 527. The highest BCUT2D eigenvalue weighted by Crippen LogP contribution is 2.28. The molecule has 0 aliphatic carbocycles. The van der Waals surface area contributed by atoms with Gasteiger partial charge in [-0.1, -0.05) is 13.0 Å². The van der Waals surface area contributed by atoms with Crippen molar-refractivity contribution in [1.29, 1.82) is 0 Å². The molecule has 1 atom stereocenters. The van der Waals surface area contributed by atoms with Crippen LogP contribution in [0.25, 0.3) is 0 Å². The van der Waals surface area contributed by atoms with Crippen LogP contribution < -0.4 is 5.32 Å².